The van der Waals surface area contributed by atoms with E-state index in [0.717, 1.165) is 19.4 Å². The van der Waals surface area contributed by atoms with Crippen LogP contribution in [0.2, 0.25) is 0 Å². The summed E-state index contributed by atoms with van der Waals surface area (Å²) in [6.07, 6.45) is 2.24. The molecule has 1 aliphatic rings. The average molecular weight is 129 g/mol. The van der Waals surface area contributed by atoms with Crippen LogP contribution < -0.4 is 5.32 Å². The van der Waals surface area contributed by atoms with Gasteiger partial charge in [0.1, 0.15) is 0 Å². The summed E-state index contributed by atoms with van der Waals surface area (Å²) >= 11 is 0. The zero-order valence-electron chi connectivity index (χ0n) is 5.26. The van der Waals surface area contributed by atoms with Gasteiger partial charge in [-0.15, -0.1) is 0 Å². The fraction of sp³-hybridized carbons (Fsp3) is 0.833. The maximum absolute atomic E-state index is 10.0. The van der Waals surface area contributed by atoms with Gasteiger partial charge in [0.15, 0.2) is 0 Å². The van der Waals surface area contributed by atoms with Crippen LogP contribution in [-0.4, -0.2) is 23.7 Å². The van der Waals surface area contributed by atoms with Crippen LogP contribution in [0.4, 0.5) is 0 Å². The first kappa shape index (κ1) is 6.55. The van der Waals surface area contributed by atoms with Gasteiger partial charge in [-0.2, -0.15) is 0 Å². The van der Waals surface area contributed by atoms with Crippen LogP contribution in [0.5, 0.6) is 0 Å². The van der Waals surface area contributed by atoms with Crippen LogP contribution in [-0.2, 0) is 4.79 Å². The first-order chi connectivity index (χ1) is 4.29. The lowest BCUT2D eigenvalue weighted by Crippen LogP contribution is -2.42. The lowest BCUT2D eigenvalue weighted by molar-refractivity contribution is -0.137. The number of carboxylic acid groups (broad SMARTS) is 1. The van der Waals surface area contributed by atoms with Crippen LogP contribution in [0.3, 0.4) is 0 Å². The van der Waals surface area contributed by atoms with Crippen LogP contribution in [0.25, 0.3) is 0 Å². The van der Waals surface area contributed by atoms with Gasteiger partial charge in [0.2, 0.25) is 0 Å². The monoisotopic (exact) mass is 129 g/mol. The number of carbonyl (C=O) groups is 1. The summed E-state index contributed by atoms with van der Waals surface area (Å²) in [4.78, 5) is 10.0. The van der Waals surface area contributed by atoms with E-state index >= 15 is 0 Å². The van der Waals surface area contributed by atoms with E-state index in [0.29, 0.717) is 12.5 Å². The maximum Gasteiger partial charge on any atom is 0.303 e. The third-order valence-corrected chi connectivity index (χ3v) is 1.63. The maximum atomic E-state index is 10.0. The Balaban J connectivity index is 1.97. The molecular weight excluding hydrogens is 118 g/mol. The van der Waals surface area contributed by atoms with Crippen molar-refractivity contribution < 1.29 is 9.90 Å². The molecule has 3 nitrogen and oxygen atoms in total. The molecular formula is C6H11NO2. The zero-order chi connectivity index (χ0) is 6.69. The Morgan fingerprint density at radius 3 is 2.78 bits per heavy atom. The third-order valence-electron chi connectivity index (χ3n) is 1.63. The number of nitrogens with one attached hydrogen (secondary N) is 1. The number of rotatable bonds is 3. The van der Waals surface area contributed by atoms with E-state index in [1.807, 2.05) is 0 Å². The number of aliphatic carboxylic acids is 1. The molecule has 0 aromatic carbocycles. The lowest BCUT2D eigenvalue weighted by Gasteiger charge is -2.26. The molecule has 1 atom stereocenters. The Labute approximate surface area is 54.1 Å². The minimum absolute atomic E-state index is 0.303. The first-order valence-electron chi connectivity index (χ1n) is 3.24. The van der Waals surface area contributed by atoms with E-state index in [1.54, 1.807) is 0 Å². The third kappa shape index (κ3) is 2.01. The molecule has 0 spiro atoms. The predicted octanol–water partition coefficient (Wildman–Crippen LogP) is 0.213. The standard InChI is InChI=1S/C6H11NO2/c8-6(9)2-1-5-3-4-7-5/h5,7H,1-4H2,(H,8,9)/t5-/m0/s1. The van der Waals surface area contributed by atoms with Crippen molar-refractivity contribution in [2.75, 3.05) is 6.54 Å². The molecule has 0 amide bonds. The molecule has 3 heteroatoms. The van der Waals surface area contributed by atoms with Crippen molar-refractivity contribution in [2.45, 2.75) is 25.3 Å². The van der Waals surface area contributed by atoms with Crippen molar-refractivity contribution >= 4 is 5.97 Å². The molecule has 0 radical (unpaired) electrons. The Bertz CT molecular complexity index is 110. The van der Waals surface area contributed by atoms with Crippen molar-refractivity contribution in [3.05, 3.63) is 0 Å². The van der Waals surface area contributed by atoms with Crippen molar-refractivity contribution in [3.8, 4) is 0 Å². The molecule has 0 aromatic rings. The van der Waals surface area contributed by atoms with Gasteiger partial charge in [-0.3, -0.25) is 4.79 Å². The van der Waals surface area contributed by atoms with Gasteiger partial charge in [0, 0.05) is 12.5 Å². The normalized spacial score (nSPS) is 25.1. The largest absolute Gasteiger partial charge is 0.481 e. The highest BCUT2D eigenvalue weighted by atomic mass is 16.4. The van der Waals surface area contributed by atoms with Crippen LogP contribution in [0.1, 0.15) is 19.3 Å². The van der Waals surface area contributed by atoms with Gasteiger partial charge in [0.05, 0.1) is 0 Å². The minimum atomic E-state index is -0.691. The number of carboxylic acids is 1. The van der Waals surface area contributed by atoms with E-state index in [1.165, 1.54) is 0 Å². The molecule has 0 aliphatic carbocycles. The smallest absolute Gasteiger partial charge is 0.303 e. The quantitative estimate of drug-likeness (QED) is 0.572. The molecule has 2 N–H and O–H groups in total. The Morgan fingerprint density at radius 2 is 2.44 bits per heavy atom. The van der Waals surface area contributed by atoms with Gasteiger partial charge in [-0.05, 0) is 19.4 Å². The fourth-order valence-electron chi connectivity index (χ4n) is 0.893. The molecule has 1 heterocycles. The Hall–Kier alpha value is -0.570. The highest BCUT2D eigenvalue weighted by Gasteiger charge is 2.16. The Kier molecular flexibility index (Phi) is 2.05. The topological polar surface area (TPSA) is 49.3 Å². The summed E-state index contributed by atoms with van der Waals surface area (Å²) in [5.41, 5.74) is 0. The zero-order valence-corrected chi connectivity index (χ0v) is 5.26. The van der Waals surface area contributed by atoms with Gasteiger partial charge in [-0.1, -0.05) is 0 Å². The summed E-state index contributed by atoms with van der Waals surface area (Å²) < 4.78 is 0. The average Bonchev–Trinajstić information content (AvgIpc) is 1.60. The number of hydrogen-bond donors (Lipinski definition) is 2. The summed E-state index contributed by atoms with van der Waals surface area (Å²) in [6, 6.07) is 0.487. The van der Waals surface area contributed by atoms with Crippen molar-refractivity contribution in [1.29, 1.82) is 0 Å². The summed E-state index contributed by atoms with van der Waals surface area (Å²) in [5, 5.41) is 11.4. The molecule has 0 saturated carbocycles. The predicted molar refractivity (Wildman–Crippen MR) is 33.3 cm³/mol. The van der Waals surface area contributed by atoms with Gasteiger partial charge >= 0.3 is 5.97 Å². The molecule has 0 unspecified atom stereocenters. The molecule has 1 fully saturated rings. The minimum Gasteiger partial charge on any atom is -0.481 e. The molecule has 1 rings (SSSR count). The van der Waals surface area contributed by atoms with E-state index < -0.39 is 5.97 Å². The van der Waals surface area contributed by atoms with Crippen molar-refractivity contribution in [1.82, 2.24) is 5.32 Å². The van der Waals surface area contributed by atoms with Crippen molar-refractivity contribution in [2.24, 2.45) is 0 Å². The highest BCUT2D eigenvalue weighted by Crippen LogP contribution is 2.08. The summed E-state index contributed by atoms with van der Waals surface area (Å²) in [5.74, 6) is -0.691. The second-order valence-electron chi connectivity index (χ2n) is 2.37. The second-order valence-corrected chi connectivity index (χ2v) is 2.37. The molecule has 1 aliphatic heterocycles. The highest BCUT2D eigenvalue weighted by molar-refractivity contribution is 5.66. The van der Waals surface area contributed by atoms with Crippen LogP contribution in [0, 0.1) is 0 Å². The molecule has 0 bridgehead atoms. The number of hydrogen-bond acceptors (Lipinski definition) is 2. The van der Waals surface area contributed by atoms with Crippen LogP contribution in [0.15, 0.2) is 0 Å². The first-order valence-corrected chi connectivity index (χ1v) is 3.24. The molecule has 0 aromatic heterocycles. The van der Waals surface area contributed by atoms with Crippen LogP contribution >= 0.6 is 0 Å². The van der Waals surface area contributed by atoms with E-state index in [-0.39, 0.29) is 0 Å². The lowest BCUT2D eigenvalue weighted by atomic mass is 10.0. The van der Waals surface area contributed by atoms with E-state index in [4.69, 9.17) is 5.11 Å². The van der Waals surface area contributed by atoms with Gasteiger partial charge in [0.25, 0.3) is 0 Å². The van der Waals surface area contributed by atoms with Gasteiger partial charge < -0.3 is 10.4 Å². The van der Waals surface area contributed by atoms with E-state index in [9.17, 15) is 4.79 Å². The van der Waals surface area contributed by atoms with E-state index in [2.05, 4.69) is 5.32 Å². The molecule has 52 valence electrons. The van der Waals surface area contributed by atoms with Gasteiger partial charge in [-0.25, -0.2) is 0 Å². The second kappa shape index (κ2) is 2.82. The molecule has 1 saturated heterocycles. The SMILES string of the molecule is O=C(O)CC[C@H]1CCN1. The summed E-state index contributed by atoms with van der Waals surface area (Å²) in [6.45, 7) is 1.06. The molecule has 9 heavy (non-hydrogen) atoms. The van der Waals surface area contributed by atoms with Crippen molar-refractivity contribution in [3.63, 3.8) is 0 Å². The summed E-state index contributed by atoms with van der Waals surface area (Å²) in [7, 11) is 0. The Morgan fingerprint density at radius 1 is 1.78 bits per heavy atom. The fourth-order valence-corrected chi connectivity index (χ4v) is 0.893.